The van der Waals surface area contributed by atoms with Crippen molar-refractivity contribution in [3.63, 3.8) is 0 Å². The van der Waals surface area contributed by atoms with E-state index < -0.39 is 0 Å². The fourth-order valence-corrected chi connectivity index (χ4v) is 2.36. The molecule has 0 amide bonds. The number of nitrogens with zero attached hydrogens (tertiary/aromatic N) is 3. The van der Waals surface area contributed by atoms with Gasteiger partial charge in [-0.05, 0) is 31.7 Å². The number of benzene rings is 1. The highest BCUT2D eigenvalue weighted by Crippen LogP contribution is 2.10. The molecule has 1 aromatic carbocycles. The quantitative estimate of drug-likeness (QED) is 0.843. The summed E-state index contributed by atoms with van der Waals surface area (Å²) in [5, 5.41) is 14.3. The molecule has 2 aromatic rings. The first kappa shape index (κ1) is 14.7. The van der Waals surface area contributed by atoms with Crippen LogP contribution in [-0.2, 0) is 19.4 Å². The highest BCUT2D eigenvalue weighted by Gasteiger charge is 2.11. The Morgan fingerprint density at radius 3 is 2.95 bits per heavy atom. The molecule has 108 valence electrons. The van der Waals surface area contributed by atoms with Crippen LogP contribution in [0.2, 0.25) is 0 Å². The zero-order valence-electron chi connectivity index (χ0n) is 12.3. The Balaban J connectivity index is 1.86. The zero-order chi connectivity index (χ0) is 14.4. The van der Waals surface area contributed by atoms with Gasteiger partial charge in [0.1, 0.15) is 12.2 Å². The first-order valence-corrected chi connectivity index (χ1v) is 7.29. The van der Waals surface area contributed by atoms with Crippen LogP contribution in [0.1, 0.15) is 36.7 Å². The number of hydrogen-bond acceptors (Lipinski definition) is 3. The van der Waals surface area contributed by atoms with Crippen LogP contribution >= 0.6 is 0 Å². The number of aliphatic hydroxyl groups is 1. The lowest BCUT2D eigenvalue weighted by molar-refractivity contribution is 0.161. The van der Waals surface area contributed by atoms with Gasteiger partial charge in [0, 0.05) is 13.0 Å². The summed E-state index contributed by atoms with van der Waals surface area (Å²) >= 11 is 0. The number of rotatable bonds is 7. The maximum absolute atomic E-state index is 10.2. The third kappa shape index (κ3) is 4.17. The van der Waals surface area contributed by atoms with Gasteiger partial charge in [0.15, 0.2) is 0 Å². The van der Waals surface area contributed by atoms with Gasteiger partial charge in [0.05, 0.1) is 6.10 Å². The number of aromatic nitrogens is 3. The van der Waals surface area contributed by atoms with Crippen molar-refractivity contribution in [3.8, 4) is 0 Å². The van der Waals surface area contributed by atoms with E-state index in [1.165, 1.54) is 11.1 Å². The summed E-state index contributed by atoms with van der Waals surface area (Å²) in [6.45, 7) is 5.06. The monoisotopic (exact) mass is 273 g/mol. The lowest BCUT2D eigenvalue weighted by atomic mass is 10.0. The minimum Gasteiger partial charge on any atom is -0.393 e. The summed E-state index contributed by atoms with van der Waals surface area (Å²) in [5.74, 6) is 0.878. The molecule has 0 aliphatic carbocycles. The van der Waals surface area contributed by atoms with Crippen molar-refractivity contribution in [3.05, 3.63) is 47.5 Å². The topological polar surface area (TPSA) is 50.9 Å². The molecule has 2 rings (SSSR count). The van der Waals surface area contributed by atoms with Gasteiger partial charge in [-0.1, -0.05) is 36.8 Å². The molecular weight excluding hydrogens is 250 g/mol. The van der Waals surface area contributed by atoms with Crippen molar-refractivity contribution in [2.75, 3.05) is 0 Å². The Kier molecular flexibility index (Phi) is 5.30. The Morgan fingerprint density at radius 1 is 1.35 bits per heavy atom. The minimum absolute atomic E-state index is 0.365. The van der Waals surface area contributed by atoms with Crippen LogP contribution in [0.3, 0.4) is 0 Å². The second-order valence-electron chi connectivity index (χ2n) is 5.29. The highest BCUT2D eigenvalue weighted by atomic mass is 16.3. The smallest absolute Gasteiger partial charge is 0.138 e. The van der Waals surface area contributed by atoms with Crippen molar-refractivity contribution >= 4 is 0 Å². The molecule has 0 spiro atoms. The van der Waals surface area contributed by atoms with Crippen LogP contribution in [0, 0.1) is 6.92 Å². The average molecular weight is 273 g/mol. The Morgan fingerprint density at radius 2 is 2.20 bits per heavy atom. The molecule has 1 N–H and O–H groups in total. The maximum Gasteiger partial charge on any atom is 0.138 e. The Hall–Kier alpha value is -1.68. The molecule has 0 bridgehead atoms. The van der Waals surface area contributed by atoms with Gasteiger partial charge < -0.3 is 5.11 Å². The van der Waals surface area contributed by atoms with E-state index in [0.29, 0.717) is 6.42 Å². The van der Waals surface area contributed by atoms with E-state index in [4.69, 9.17) is 0 Å². The van der Waals surface area contributed by atoms with E-state index in [9.17, 15) is 5.11 Å². The van der Waals surface area contributed by atoms with E-state index in [-0.39, 0.29) is 6.10 Å². The third-order valence-corrected chi connectivity index (χ3v) is 3.40. The molecule has 4 heteroatoms. The predicted molar refractivity (Wildman–Crippen MR) is 79.5 cm³/mol. The predicted octanol–water partition coefficient (Wildman–Crippen LogP) is 2.53. The molecule has 0 aliphatic heterocycles. The van der Waals surface area contributed by atoms with E-state index >= 15 is 0 Å². The van der Waals surface area contributed by atoms with Gasteiger partial charge in [0.2, 0.25) is 0 Å². The molecule has 1 atom stereocenters. The number of aryl methyl sites for hydroxylation is 3. The molecule has 4 nitrogen and oxygen atoms in total. The SMILES string of the molecule is CCCn1ncnc1CC(O)CCc1cccc(C)c1. The Labute approximate surface area is 120 Å². The largest absolute Gasteiger partial charge is 0.393 e. The average Bonchev–Trinajstić information content (AvgIpc) is 2.84. The number of hydrogen-bond donors (Lipinski definition) is 1. The summed E-state index contributed by atoms with van der Waals surface area (Å²) in [6.07, 6.45) is 4.45. The molecule has 0 aliphatic rings. The van der Waals surface area contributed by atoms with E-state index in [0.717, 1.165) is 31.6 Å². The molecule has 1 aromatic heterocycles. The fourth-order valence-electron chi connectivity index (χ4n) is 2.36. The molecule has 0 saturated heterocycles. The summed E-state index contributed by atoms with van der Waals surface area (Å²) in [7, 11) is 0. The van der Waals surface area contributed by atoms with Gasteiger partial charge in [-0.3, -0.25) is 4.68 Å². The lowest BCUT2D eigenvalue weighted by Gasteiger charge is -2.11. The standard InChI is InChI=1S/C16H23N3O/c1-3-9-19-16(17-12-18-19)11-15(20)8-7-14-6-4-5-13(2)10-14/h4-6,10,12,15,20H,3,7-9,11H2,1-2H3. The van der Waals surface area contributed by atoms with Crippen LogP contribution < -0.4 is 0 Å². The van der Waals surface area contributed by atoms with Crippen LogP contribution in [0.5, 0.6) is 0 Å². The normalized spacial score (nSPS) is 12.6. The molecule has 20 heavy (non-hydrogen) atoms. The Bertz CT molecular complexity index is 536. The van der Waals surface area contributed by atoms with Gasteiger partial charge in [-0.15, -0.1) is 0 Å². The van der Waals surface area contributed by atoms with Crippen molar-refractivity contribution in [1.82, 2.24) is 14.8 Å². The molecule has 0 radical (unpaired) electrons. The van der Waals surface area contributed by atoms with E-state index in [1.807, 2.05) is 4.68 Å². The number of aliphatic hydroxyl groups excluding tert-OH is 1. The lowest BCUT2D eigenvalue weighted by Crippen LogP contribution is -2.16. The third-order valence-electron chi connectivity index (χ3n) is 3.40. The van der Waals surface area contributed by atoms with Crippen LogP contribution in [0.15, 0.2) is 30.6 Å². The summed E-state index contributed by atoms with van der Waals surface area (Å²) in [6, 6.07) is 8.44. The van der Waals surface area contributed by atoms with Gasteiger partial charge >= 0.3 is 0 Å². The molecule has 1 unspecified atom stereocenters. The second kappa shape index (κ2) is 7.20. The second-order valence-corrected chi connectivity index (χ2v) is 5.29. The van der Waals surface area contributed by atoms with Crippen molar-refractivity contribution in [2.24, 2.45) is 0 Å². The van der Waals surface area contributed by atoms with E-state index in [1.54, 1.807) is 6.33 Å². The van der Waals surface area contributed by atoms with Crippen molar-refractivity contribution in [2.45, 2.75) is 52.2 Å². The molecular formula is C16H23N3O. The summed E-state index contributed by atoms with van der Waals surface area (Å²) in [5.41, 5.74) is 2.54. The van der Waals surface area contributed by atoms with E-state index in [2.05, 4.69) is 48.2 Å². The summed E-state index contributed by atoms with van der Waals surface area (Å²) < 4.78 is 1.88. The van der Waals surface area contributed by atoms with Crippen LogP contribution in [0.4, 0.5) is 0 Å². The first-order valence-electron chi connectivity index (χ1n) is 7.29. The zero-order valence-corrected chi connectivity index (χ0v) is 12.3. The van der Waals surface area contributed by atoms with Crippen molar-refractivity contribution < 1.29 is 5.11 Å². The molecule has 0 fully saturated rings. The van der Waals surface area contributed by atoms with Gasteiger partial charge in [-0.25, -0.2) is 4.98 Å². The maximum atomic E-state index is 10.2. The van der Waals surface area contributed by atoms with Crippen LogP contribution in [0.25, 0.3) is 0 Å². The fraction of sp³-hybridized carbons (Fsp3) is 0.500. The highest BCUT2D eigenvalue weighted by molar-refractivity contribution is 5.22. The van der Waals surface area contributed by atoms with Gasteiger partial charge in [0.25, 0.3) is 0 Å². The van der Waals surface area contributed by atoms with Crippen LogP contribution in [-0.4, -0.2) is 26.0 Å². The molecule has 1 heterocycles. The van der Waals surface area contributed by atoms with Gasteiger partial charge in [-0.2, -0.15) is 5.10 Å². The first-order chi connectivity index (χ1) is 9.69. The minimum atomic E-state index is -0.365. The van der Waals surface area contributed by atoms with Crippen molar-refractivity contribution in [1.29, 1.82) is 0 Å². The molecule has 0 saturated carbocycles. The summed E-state index contributed by atoms with van der Waals surface area (Å²) in [4.78, 5) is 4.24.